The monoisotopic (exact) mass is 407 g/mol. The van der Waals surface area contributed by atoms with Gasteiger partial charge in [0.1, 0.15) is 5.75 Å². The fraction of sp³-hybridized carbons (Fsp3) is 0.304. The van der Waals surface area contributed by atoms with Crippen LogP contribution in [0.25, 0.3) is 5.69 Å². The first kappa shape index (κ1) is 21.4. The average Bonchev–Trinajstić information content (AvgIpc) is 3.25. The van der Waals surface area contributed by atoms with Gasteiger partial charge < -0.3 is 20.1 Å². The molecule has 0 unspecified atom stereocenters. The number of methoxy groups -OCH3 is 1. The SMILES string of the molecule is CCNC(=NCc1cnn(-c2ccccc2)c1)Nc1cccc(OCCCOC)c1. The van der Waals surface area contributed by atoms with Gasteiger partial charge in [0.2, 0.25) is 0 Å². The Hall–Kier alpha value is -3.32. The number of hydrogen-bond acceptors (Lipinski definition) is 4. The van der Waals surface area contributed by atoms with E-state index in [1.54, 1.807) is 7.11 Å². The minimum Gasteiger partial charge on any atom is -0.493 e. The van der Waals surface area contributed by atoms with Gasteiger partial charge in [-0.1, -0.05) is 24.3 Å². The number of para-hydroxylation sites is 1. The molecule has 2 N–H and O–H groups in total. The van der Waals surface area contributed by atoms with Crippen molar-refractivity contribution in [1.82, 2.24) is 15.1 Å². The van der Waals surface area contributed by atoms with Crippen LogP contribution in [-0.2, 0) is 11.3 Å². The molecule has 3 aromatic rings. The van der Waals surface area contributed by atoms with Gasteiger partial charge in [0.05, 0.1) is 25.0 Å². The highest BCUT2D eigenvalue weighted by Gasteiger charge is 2.04. The molecule has 0 spiro atoms. The first-order chi connectivity index (χ1) is 14.8. The Morgan fingerprint density at radius 1 is 1.10 bits per heavy atom. The van der Waals surface area contributed by atoms with E-state index < -0.39 is 0 Å². The zero-order chi connectivity index (χ0) is 21.0. The molecule has 7 heteroatoms. The van der Waals surface area contributed by atoms with Gasteiger partial charge in [-0.2, -0.15) is 5.10 Å². The van der Waals surface area contributed by atoms with Crippen LogP contribution in [0.4, 0.5) is 5.69 Å². The van der Waals surface area contributed by atoms with Crippen LogP contribution >= 0.6 is 0 Å². The van der Waals surface area contributed by atoms with E-state index in [0.717, 1.165) is 35.7 Å². The van der Waals surface area contributed by atoms with E-state index in [0.29, 0.717) is 25.7 Å². The van der Waals surface area contributed by atoms with Crippen LogP contribution in [-0.4, -0.2) is 42.6 Å². The number of aromatic nitrogens is 2. The second-order valence-corrected chi connectivity index (χ2v) is 6.67. The molecule has 7 nitrogen and oxygen atoms in total. The minimum atomic E-state index is 0.523. The van der Waals surface area contributed by atoms with Crippen molar-refractivity contribution in [1.29, 1.82) is 0 Å². The van der Waals surface area contributed by atoms with E-state index in [1.165, 1.54) is 0 Å². The van der Waals surface area contributed by atoms with E-state index in [-0.39, 0.29) is 0 Å². The number of nitrogens with zero attached hydrogens (tertiary/aromatic N) is 3. The molecular weight excluding hydrogens is 378 g/mol. The lowest BCUT2D eigenvalue weighted by Gasteiger charge is -2.12. The third-order valence-electron chi connectivity index (χ3n) is 4.28. The average molecular weight is 408 g/mol. The molecule has 0 radical (unpaired) electrons. The molecule has 0 saturated heterocycles. The Morgan fingerprint density at radius 2 is 1.97 bits per heavy atom. The van der Waals surface area contributed by atoms with Gasteiger partial charge in [-0.05, 0) is 31.2 Å². The second-order valence-electron chi connectivity index (χ2n) is 6.67. The largest absolute Gasteiger partial charge is 0.493 e. The molecular formula is C23H29N5O2. The second kappa shape index (κ2) is 11.6. The third kappa shape index (κ3) is 6.63. The van der Waals surface area contributed by atoms with Crippen molar-refractivity contribution < 1.29 is 9.47 Å². The maximum absolute atomic E-state index is 5.77. The van der Waals surface area contributed by atoms with E-state index >= 15 is 0 Å². The molecule has 2 aromatic carbocycles. The van der Waals surface area contributed by atoms with Crippen LogP contribution in [0.3, 0.4) is 0 Å². The first-order valence-corrected chi connectivity index (χ1v) is 10.1. The van der Waals surface area contributed by atoms with Crippen LogP contribution in [0.2, 0.25) is 0 Å². The van der Waals surface area contributed by atoms with Crippen molar-refractivity contribution in [2.75, 3.05) is 32.2 Å². The summed E-state index contributed by atoms with van der Waals surface area (Å²) in [6.07, 6.45) is 4.69. The van der Waals surface area contributed by atoms with Crippen molar-refractivity contribution in [2.45, 2.75) is 19.9 Å². The van der Waals surface area contributed by atoms with Crippen LogP contribution < -0.4 is 15.4 Å². The molecule has 0 aliphatic heterocycles. The molecule has 0 saturated carbocycles. The van der Waals surface area contributed by atoms with E-state index in [1.807, 2.05) is 78.6 Å². The van der Waals surface area contributed by atoms with Gasteiger partial charge in [-0.25, -0.2) is 9.67 Å². The summed E-state index contributed by atoms with van der Waals surface area (Å²) in [7, 11) is 1.69. The van der Waals surface area contributed by atoms with Gasteiger partial charge in [0.25, 0.3) is 0 Å². The summed E-state index contributed by atoms with van der Waals surface area (Å²) in [5.41, 5.74) is 2.98. The van der Waals surface area contributed by atoms with Crippen molar-refractivity contribution >= 4 is 11.6 Å². The molecule has 0 bridgehead atoms. The summed E-state index contributed by atoms with van der Waals surface area (Å²) >= 11 is 0. The number of rotatable bonds is 10. The Balaban J connectivity index is 1.62. The third-order valence-corrected chi connectivity index (χ3v) is 4.28. The molecule has 3 rings (SSSR count). The predicted molar refractivity (Wildman–Crippen MR) is 120 cm³/mol. The summed E-state index contributed by atoms with van der Waals surface area (Å²) in [5.74, 6) is 1.53. The zero-order valence-corrected chi connectivity index (χ0v) is 17.5. The molecule has 30 heavy (non-hydrogen) atoms. The Morgan fingerprint density at radius 3 is 2.77 bits per heavy atom. The highest BCUT2D eigenvalue weighted by atomic mass is 16.5. The quantitative estimate of drug-likeness (QED) is 0.303. The molecule has 0 amide bonds. The molecule has 0 atom stereocenters. The maximum atomic E-state index is 5.77. The van der Waals surface area contributed by atoms with Crippen molar-refractivity contribution in [3.8, 4) is 11.4 Å². The number of aliphatic imine (C=N–C) groups is 1. The molecule has 0 aliphatic carbocycles. The van der Waals surface area contributed by atoms with Crippen molar-refractivity contribution in [2.24, 2.45) is 4.99 Å². The predicted octanol–water partition coefficient (Wildman–Crippen LogP) is 3.87. The lowest BCUT2D eigenvalue weighted by atomic mass is 10.3. The number of guanidine groups is 1. The van der Waals surface area contributed by atoms with Crippen LogP contribution in [0.15, 0.2) is 72.0 Å². The summed E-state index contributed by atoms with van der Waals surface area (Å²) < 4.78 is 12.7. The topological polar surface area (TPSA) is 72.7 Å². The lowest BCUT2D eigenvalue weighted by molar-refractivity contribution is 0.172. The highest BCUT2D eigenvalue weighted by Crippen LogP contribution is 2.17. The van der Waals surface area contributed by atoms with Crippen LogP contribution in [0.1, 0.15) is 18.9 Å². The van der Waals surface area contributed by atoms with Gasteiger partial charge in [0, 0.05) is 50.2 Å². The molecule has 0 fully saturated rings. The summed E-state index contributed by atoms with van der Waals surface area (Å²) in [6, 6.07) is 17.9. The molecule has 1 aromatic heterocycles. The molecule has 158 valence electrons. The van der Waals surface area contributed by atoms with E-state index in [9.17, 15) is 0 Å². The van der Waals surface area contributed by atoms with Gasteiger partial charge in [0.15, 0.2) is 5.96 Å². The maximum Gasteiger partial charge on any atom is 0.196 e. The van der Waals surface area contributed by atoms with Crippen molar-refractivity contribution in [3.63, 3.8) is 0 Å². The fourth-order valence-corrected chi connectivity index (χ4v) is 2.83. The smallest absolute Gasteiger partial charge is 0.196 e. The van der Waals surface area contributed by atoms with Gasteiger partial charge >= 0.3 is 0 Å². The van der Waals surface area contributed by atoms with Crippen molar-refractivity contribution in [3.05, 3.63) is 72.6 Å². The summed E-state index contributed by atoms with van der Waals surface area (Å²) in [6.45, 7) is 4.64. The highest BCUT2D eigenvalue weighted by molar-refractivity contribution is 5.93. The number of hydrogen-bond donors (Lipinski definition) is 2. The Kier molecular flexibility index (Phi) is 8.29. The van der Waals surface area contributed by atoms with Gasteiger partial charge in [-0.15, -0.1) is 0 Å². The number of anilines is 1. The van der Waals surface area contributed by atoms with E-state index in [4.69, 9.17) is 9.47 Å². The standard InChI is InChI=1S/C23H29N5O2/c1-3-24-23(27-20-9-7-12-22(15-20)30-14-8-13-29-2)25-16-19-17-26-28(18-19)21-10-5-4-6-11-21/h4-7,9-12,15,17-18H,3,8,13-14,16H2,1-2H3,(H2,24,25,27). The number of ether oxygens (including phenoxy) is 2. The van der Waals surface area contributed by atoms with Crippen LogP contribution in [0, 0.1) is 0 Å². The zero-order valence-electron chi connectivity index (χ0n) is 17.5. The lowest BCUT2D eigenvalue weighted by Crippen LogP contribution is -2.30. The summed E-state index contributed by atoms with van der Waals surface area (Å²) in [4.78, 5) is 4.69. The van der Waals surface area contributed by atoms with E-state index in [2.05, 4.69) is 20.7 Å². The fourth-order valence-electron chi connectivity index (χ4n) is 2.83. The number of nitrogens with one attached hydrogen (secondary N) is 2. The minimum absolute atomic E-state index is 0.523. The van der Waals surface area contributed by atoms with Gasteiger partial charge in [-0.3, -0.25) is 0 Å². The molecule has 0 aliphatic rings. The Labute approximate surface area is 177 Å². The summed E-state index contributed by atoms with van der Waals surface area (Å²) in [5, 5.41) is 11.0. The first-order valence-electron chi connectivity index (χ1n) is 10.1. The number of benzene rings is 2. The Bertz CT molecular complexity index is 924. The normalized spacial score (nSPS) is 11.3. The molecule has 1 heterocycles. The van der Waals surface area contributed by atoms with Crippen LogP contribution in [0.5, 0.6) is 5.75 Å².